The summed E-state index contributed by atoms with van der Waals surface area (Å²) in [5.74, 6) is 0.128. The molecule has 0 aliphatic heterocycles. The maximum atomic E-state index is 12.5. The van der Waals surface area contributed by atoms with E-state index in [0.29, 0.717) is 17.1 Å². The van der Waals surface area contributed by atoms with Crippen LogP contribution in [0.25, 0.3) is 0 Å². The molecule has 0 aliphatic rings. The van der Waals surface area contributed by atoms with Gasteiger partial charge in [0.15, 0.2) is 0 Å². The van der Waals surface area contributed by atoms with Crippen LogP contribution in [-0.2, 0) is 15.9 Å². The van der Waals surface area contributed by atoms with Crippen LogP contribution in [0.2, 0.25) is 10.0 Å². The number of halogens is 3. The first-order valence-electron chi connectivity index (χ1n) is 6.35. The summed E-state index contributed by atoms with van der Waals surface area (Å²) in [5, 5.41) is 0.470. The molecule has 8 heteroatoms. The molecule has 0 radical (unpaired) electrons. The van der Waals surface area contributed by atoms with Crippen molar-refractivity contribution in [3.05, 3.63) is 27.7 Å². The molecule has 0 spiro atoms. The molecule has 0 amide bonds. The maximum absolute atomic E-state index is 12.5. The smallest absolute Gasteiger partial charge is 0.244 e. The third-order valence-corrected chi connectivity index (χ3v) is 5.97. The molecule has 120 valence electrons. The molecule has 0 fully saturated rings. The average Bonchev–Trinajstić information content (AvgIpc) is 2.37. The van der Waals surface area contributed by atoms with Crippen molar-refractivity contribution in [1.29, 1.82) is 0 Å². The Hall–Kier alpha value is -0.0400. The normalized spacial score (nSPS) is 12.4. The maximum Gasteiger partial charge on any atom is 0.244 e. The molecule has 0 aliphatic carbocycles. The van der Waals surface area contributed by atoms with Crippen LogP contribution in [0.4, 0.5) is 0 Å². The van der Waals surface area contributed by atoms with E-state index in [0.717, 1.165) is 13.0 Å². The van der Waals surface area contributed by atoms with Gasteiger partial charge in [0.25, 0.3) is 0 Å². The summed E-state index contributed by atoms with van der Waals surface area (Å²) in [4.78, 5) is 2.04. The van der Waals surface area contributed by atoms with Gasteiger partial charge in [0.2, 0.25) is 10.0 Å². The van der Waals surface area contributed by atoms with Gasteiger partial charge in [-0.3, -0.25) is 0 Å². The second-order valence-electron chi connectivity index (χ2n) is 4.99. The van der Waals surface area contributed by atoms with Gasteiger partial charge in [-0.1, -0.05) is 23.2 Å². The third-order valence-electron chi connectivity index (χ3n) is 3.01. The molecule has 0 N–H and O–H groups in total. The van der Waals surface area contributed by atoms with E-state index in [1.54, 1.807) is 0 Å². The van der Waals surface area contributed by atoms with E-state index in [1.165, 1.54) is 23.5 Å². The zero-order valence-electron chi connectivity index (χ0n) is 12.2. The van der Waals surface area contributed by atoms with Gasteiger partial charge in [0, 0.05) is 24.5 Å². The van der Waals surface area contributed by atoms with Crippen LogP contribution in [0, 0.1) is 0 Å². The van der Waals surface area contributed by atoms with Gasteiger partial charge in [0.1, 0.15) is 4.90 Å². The molecule has 1 rings (SSSR count). The number of benzene rings is 1. The van der Waals surface area contributed by atoms with E-state index in [-0.39, 0.29) is 15.8 Å². The molecule has 0 bridgehead atoms. The number of hydrogen-bond acceptors (Lipinski definition) is 3. The molecule has 0 saturated heterocycles. The van der Waals surface area contributed by atoms with E-state index in [1.807, 2.05) is 19.0 Å². The molecular weight excluding hydrogens is 355 g/mol. The van der Waals surface area contributed by atoms with Crippen molar-refractivity contribution < 1.29 is 8.42 Å². The van der Waals surface area contributed by atoms with Crippen LogP contribution < -0.4 is 0 Å². The van der Waals surface area contributed by atoms with E-state index >= 15 is 0 Å². The standard InChI is InChI=1S/C13H19Cl3N2O2S/c1-17(2)5-4-6-18(3)21(19,20)13-7-10(9-14)11(15)8-12(13)16/h7-8H,4-6,9H2,1-3H3. The van der Waals surface area contributed by atoms with E-state index in [4.69, 9.17) is 34.8 Å². The third kappa shape index (κ3) is 4.98. The van der Waals surface area contributed by atoms with Gasteiger partial charge in [-0.15, -0.1) is 11.6 Å². The molecule has 4 nitrogen and oxygen atoms in total. The lowest BCUT2D eigenvalue weighted by atomic mass is 10.2. The van der Waals surface area contributed by atoms with Crippen LogP contribution >= 0.6 is 34.8 Å². The summed E-state index contributed by atoms with van der Waals surface area (Å²) in [6, 6.07) is 2.86. The first-order valence-corrected chi connectivity index (χ1v) is 9.08. The minimum atomic E-state index is -3.65. The molecule has 1 aromatic rings. The van der Waals surface area contributed by atoms with E-state index < -0.39 is 10.0 Å². The molecule has 1 aromatic carbocycles. The van der Waals surface area contributed by atoms with Gasteiger partial charge in [-0.05, 0) is 44.8 Å². The lowest BCUT2D eigenvalue weighted by Gasteiger charge is -2.19. The Kier molecular flexibility index (Phi) is 7.24. The summed E-state index contributed by atoms with van der Waals surface area (Å²) >= 11 is 17.8. The highest BCUT2D eigenvalue weighted by Crippen LogP contribution is 2.31. The Morgan fingerprint density at radius 3 is 2.19 bits per heavy atom. The second-order valence-corrected chi connectivity index (χ2v) is 8.09. The summed E-state index contributed by atoms with van der Waals surface area (Å²) in [5.41, 5.74) is 0.544. The van der Waals surface area contributed by atoms with Crippen molar-refractivity contribution in [3.8, 4) is 0 Å². The van der Waals surface area contributed by atoms with Crippen molar-refractivity contribution >= 4 is 44.8 Å². The summed E-state index contributed by atoms with van der Waals surface area (Å²) < 4.78 is 26.4. The van der Waals surface area contributed by atoms with Gasteiger partial charge >= 0.3 is 0 Å². The highest BCUT2D eigenvalue weighted by Gasteiger charge is 2.24. The largest absolute Gasteiger partial charge is 0.309 e. The molecule has 0 saturated carbocycles. The predicted octanol–water partition coefficient (Wildman–Crippen LogP) is 3.30. The lowest BCUT2D eigenvalue weighted by Crippen LogP contribution is -2.30. The molecule has 0 aromatic heterocycles. The summed E-state index contributed by atoms with van der Waals surface area (Å²) in [6.07, 6.45) is 0.732. The SMILES string of the molecule is CN(C)CCCN(C)S(=O)(=O)c1cc(CCl)c(Cl)cc1Cl. The molecule has 0 atom stereocenters. The monoisotopic (exact) mass is 372 g/mol. The topological polar surface area (TPSA) is 40.6 Å². The van der Waals surface area contributed by atoms with Crippen molar-refractivity contribution in [3.63, 3.8) is 0 Å². The zero-order valence-corrected chi connectivity index (χ0v) is 15.3. The zero-order chi connectivity index (χ0) is 16.2. The Morgan fingerprint density at radius 1 is 1.05 bits per heavy atom. The second kappa shape index (κ2) is 7.99. The van der Waals surface area contributed by atoms with Gasteiger partial charge < -0.3 is 4.90 Å². The number of rotatable bonds is 7. The molecular formula is C13H19Cl3N2O2S. The molecule has 21 heavy (non-hydrogen) atoms. The molecule has 0 unspecified atom stereocenters. The predicted molar refractivity (Wildman–Crippen MR) is 89.0 cm³/mol. The van der Waals surface area contributed by atoms with Crippen LogP contribution in [0.3, 0.4) is 0 Å². The minimum Gasteiger partial charge on any atom is -0.309 e. The lowest BCUT2D eigenvalue weighted by molar-refractivity contribution is 0.370. The van der Waals surface area contributed by atoms with Crippen LogP contribution in [0.15, 0.2) is 17.0 Å². The minimum absolute atomic E-state index is 0.0385. The van der Waals surface area contributed by atoms with Crippen LogP contribution in [-0.4, -0.2) is 51.9 Å². The first-order chi connectivity index (χ1) is 9.70. The number of sulfonamides is 1. The summed E-state index contributed by atoms with van der Waals surface area (Å²) in [6.45, 7) is 1.22. The Bertz CT molecular complexity index is 591. The Morgan fingerprint density at radius 2 is 1.67 bits per heavy atom. The molecule has 0 heterocycles. The fraction of sp³-hybridized carbons (Fsp3) is 0.538. The first kappa shape index (κ1) is 19.0. The highest BCUT2D eigenvalue weighted by molar-refractivity contribution is 7.89. The number of hydrogen-bond donors (Lipinski definition) is 0. The van der Waals surface area contributed by atoms with E-state index in [2.05, 4.69) is 0 Å². The van der Waals surface area contributed by atoms with Crippen molar-refractivity contribution in [1.82, 2.24) is 9.21 Å². The number of nitrogens with zero attached hydrogens (tertiary/aromatic N) is 2. The van der Waals surface area contributed by atoms with E-state index in [9.17, 15) is 8.42 Å². The van der Waals surface area contributed by atoms with Gasteiger partial charge in [-0.25, -0.2) is 12.7 Å². The quantitative estimate of drug-likeness (QED) is 0.689. The van der Waals surface area contributed by atoms with Gasteiger partial charge in [0.05, 0.1) is 5.02 Å². The van der Waals surface area contributed by atoms with Crippen LogP contribution in [0.1, 0.15) is 12.0 Å². The van der Waals surface area contributed by atoms with Crippen molar-refractivity contribution in [2.24, 2.45) is 0 Å². The Balaban J connectivity index is 3.02. The van der Waals surface area contributed by atoms with Crippen molar-refractivity contribution in [2.45, 2.75) is 17.2 Å². The van der Waals surface area contributed by atoms with Crippen molar-refractivity contribution in [2.75, 3.05) is 34.2 Å². The van der Waals surface area contributed by atoms with Crippen LogP contribution in [0.5, 0.6) is 0 Å². The summed E-state index contributed by atoms with van der Waals surface area (Å²) in [7, 11) is 1.77. The highest BCUT2D eigenvalue weighted by atomic mass is 35.5. The Labute approximate surface area is 141 Å². The fourth-order valence-electron chi connectivity index (χ4n) is 1.77. The average molecular weight is 374 g/mol. The van der Waals surface area contributed by atoms with Gasteiger partial charge in [-0.2, -0.15) is 0 Å². The number of alkyl halides is 1. The fourth-order valence-corrected chi connectivity index (χ4v) is 4.10.